The molecular weight excluding hydrogens is 639 g/mol. The third-order valence-electron chi connectivity index (χ3n) is 10.3. The van der Waals surface area contributed by atoms with E-state index in [1.165, 1.54) is 76.5 Å². The number of rotatable bonds is 7. The van der Waals surface area contributed by atoms with E-state index in [1.54, 1.807) is 0 Å². The Morgan fingerprint density at radius 2 is 0.943 bits per heavy atom. The average Bonchev–Trinajstić information content (AvgIpc) is 3.20. The molecule has 0 atom stereocenters. The summed E-state index contributed by atoms with van der Waals surface area (Å²) in [6.07, 6.45) is 6.48. The number of allylic oxidation sites excluding steroid dienone is 3. The van der Waals surface area contributed by atoms with Crippen LogP contribution < -0.4 is 4.90 Å². The molecule has 53 heavy (non-hydrogen) atoms. The largest absolute Gasteiger partial charge is 0.310 e. The highest BCUT2D eigenvalue weighted by atomic mass is 15.1. The van der Waals surface area contributed by atoms with Crippen LogP contribution in [-0.2, 0) is 0 Å². The van der Waals surface area contributed by atoms with Crippen molar-refractivity contribution in [3.8, 4) is 22.3 Å². The van der Waals surface area contributed by atoms with Gasteiger partial charge in [0.2, 0.25) is 0 Å². The van der Waals surface area contributed by atoms with E-state index < -0.39 is 0 Å². The Morgan fingerprint density at radius 1 is 0.415 bits per heavy atom. The summed E-state index contributed by atoms with van der Waals surface area (Å²) in [5, 5.41) is 9.92. The van der Waals surface area contributed by atoms with E-state index in [1.807, 2.05) is 0 Å². The van der Waals surface area contributed by atoms with Crippen molar-refractivity contribution in [3.05, 3.63) is 205 Å². The third-order valence-corrected chi connectivity index (χ3v) is 10.3. The van der Waals surface area contributed by atoms with E-state index in [-0.39, 0.29) is 0 Å². The van der Waals surface area contributed by atoms with Crippen molar-refractivity contribution >= 4 is 66.2 Å². The minimum Gasteiger partial charge on any atom is -0.310 e. The lowest BCUT2D eigenvalue weighted by molar-refractivity contribution is 1.29. The zero-order valence-electron chi connectivity index (χ0n) is 30.0. The lowest BCUT2D eigenvalue weighted by Crippen LogP contribution is -2.10. The van der Waals surface area contributed by atoms with E-state index in [2.05, 4.69) is 219 Å². The van der Waals surface area contributed by atoms with Crippen molar-refractivity contribution in [3.63, 3.8) is 0 Å². The van der Waals surface area contributed by atoms with Crippen molar-refractivity contribution in [2.24, 2.45) is 0 Å². The maximum atomic E-state index is 2.41. The van der Waals surface area contributed by atoms with Gasteiger partial charge in [0.1, 0.15) is 0 Å². The highest BCUT2D eigenvalue weighted by Gasteiger charge is 2.20. The van der Waals surface area contributed by atoms with Crippen LogP contribution in [0.5, 0.6) is 0 Å². The summed E-state index contributed by atoms with van der Waals surface area (Å²) in [6.45, 7) is 4.21. The number of anilines is 3. The molecule has 0 unspecified atom stereocenters. The standard InChI is InChI=1S/C52H39N/c1-3-14-36(2)31-37-15-13-22-45(32-37)53(44-20-5-4-6-21-44)46-29-30-49-50(35-46)52(43-28-26-39-17-8-10-19-41(39)34-43)48-24-12-11-23-47(48)51(49)42-27-25-38-16-7-9-18-40(38)33-42/h3-35H,1-2H3/b14-3-,36-31-. The Balaban J connectivity index is 1.36. The Hall–Kier alpha value is -6.70. The summed E-state index contributed by atoms with van der Waals surface area (Å²) in [6, 6.07) is 66.7. The van der Waals surface area contributed by atoms with Gasteiger partial charge in [0.15, 0.2) is 0 Å². The first-order valence-corrected chi connectivity index (χ1v) is 18.4. The van der Waals surface area contributed by atoms with Gasteiger partial charge in [-0.3, -0.25) is 0 Å². The molecule has 0 aromatic heterocycles. The first kappa shape index (κ1) is 32.2. The van der Waals surface area contributed by atoms with E-state index in [0.29, 0.717) is 0 Å². The van der Waals surface area contributed by atoms with Crippen LogP contribution in [0, 0.1) is 0 Å². The van der Waals surface area contributed by atoms with Crippen molar-refractivity contribution in [2.75, 3.05) is 4.90 Å². The van der Waals surface area contributed by atoms with Crippen LogP contribution in [-0.4, -0.2) is 0 Å². The minimum absolute atomic E-state index is 1.11. The van der Waals surface area contributed by atoms with Gasteiger partial charge in [0, 0.05) is 17.1 Å². The van der Waals surface area contributed by atoms with Crippen LogP contribution in [0.3, 0.4) is 0 Å². The van der Waals surface area contributed by atoms with Gasteiger partial charge in [0.05, 0.1) is 0 Å². The summed E-state index contributed by atoms with van der Waals surface area (Å²) < 4.78 is 0. The Morgan fingerprint density at radius 3 is 1.58 bits per heavy atom. The number of benzene rings is 9. The van der Waals surface area contributed by atoms with Gasteiger partial charge in [-0.25, -0.2) is 0 Å². The highest BCUT2D eigenvalue weighted by molar-refractivity contribution is 6.22. The first-order valence-electron chi connectivity index (χ1n) is 18.4. The van der Waals surface area contributed by atoms with Crippen LogP contribution in [0.4, 0.5) is 17.1 Å². The Labute approximate surface area is 311 Å². The second-order valence-electron chi connectivity index (χ2n) is 13.8. The number of hydrogen-bond acceptors (Lipinski definition) is 1. The summed E-state index contributed by atoms with van der Waals surface area (Å²) >= 11 is 0. The number of nitrogens with zero attached hydrogens (tertiary/aromatic N) is 1. The summed E-state index contributed by atoms with van der Waals surface area (Å²) in [5.41, 5.74) is 10.7. The maximum absolute atomic E-state index is 2.41. The molecule has 9 rings (SSSR count). The van der Waals surface area contributed by atoms with Crippen molar-refractivity contribution in [2.45, 2.75) is 13.8 Å². The number of fused-ring (bicyclic) bond motifs is 4. The monoisotopic (exact) mass is 677 g/mol. The fraction of sp³-hybridized carbons (Fsp3) is 0.0385. The van der Waals surface area contributed by atoms with E-state index in [4.69, 9.17) is 0 Å². The van der Waals surface area contributed by atoms with Crippen LogP contribution in [0.15, 0.2) is 200 Å². The molecule has 0 N–H and O–H groups in total. The SMILES string of the molecule is C/C=C\C(C)=C/c1cccc(N(c2ccccc2)c2ccc3c(-c4ccc5ccccc5c4)c4ccccc4c(-c4ccc5ccccc5c4)c3c2)c1. The molecule has 0 aliphatic rings. The first-order chi connectivity index (χ1) is 26.1. The molecule has 0 radical (unpaired) electrons. The average molecular weight is 678 g/mol. The second kappa shape index (κ2) is 13.8. The highest BCUT2D eigenvalue weighted by Crippen LogP contribution is 2.47. The molecule has 0 aliphatic heterocycles. The Kier molecular flexibility index (Phi) is 8.38. The van der Waals surface area contributed by atoms with E-state index >= 15 is 0 Å². The Bertz CT molecular complexity index is 2860. The third kappa shape index (κ3) is 6.07. The maximum Gasteiger partial charge on any atom is 0.0468 e. The predicted molar refractivity (Wildman–Crippen MR) is 230 cm³/mol. The normalized spacial score (nSPS) is 12.0. The molecule has 0 bridgehead atoms. The molecular formula is C52H39N. The van der Waals surface area contributed by atoms with Crippen LogP contribution in [0.1, 0.15) is 19.4 Å². The molecule has 0 spiro atoms. The predicted octanol–water partition coefficient (Wildman–Crippen LogP) is 15.1. The molecule has 1 heteroatoms. The lowest BCUT2D eigenvalue weighted by Gasteiger charge is -2.27. The topological polar surface area (TPSA) is 3.24 Å². The fourth-order valence-corrected chi connectivity index (χ4v) is 7.97. The van der Waals surface area contributed by atoms with Crippen LogP contribution in [0.2, 0.25) is 0 Å². The second-order valence-corrected chi connectivity index (χ2v) is 13.8. The smallest absolute Gasteiger partial charge is 0.0468 e. The van der Waals surface area contributed by atoms with Gasteiger partial charge < -0.3 is 4.90 Å². The lowest BCUT2D eigenvalue weighted by atomic mass is 9.85. The number of hydrogen-bond donors (Lipinski definition) is 0. The van der Waals surface area contributed by atoms with Crippen LogP contribution >= 0.6 is 0 Å². The van der Waals surface area contributed by atoms with Crippen LogP contribution in [0.25, 0.3) is 71.4 Å². The molecule has 0 saturated heterocycles. The number of para-hydroxylation sites is 1. The molecule has 0 fully saturated rings. The molecule has 0 saturated carbocycles. The molecule has 0 amide bonds. The minimum atomic E-state index is 1.11. The van der Waals surface area contributed by atoms with E-state index in [9.17, 15) is 0 Å². The summed E-state index contributed by atoms with van der Waals surface area (Å²) in [4.78, 5) is 2.39. The van der Waals surface area contributed by atoms with Crippen molar-refractivity contribution in [1.82, 2.24) is 0 Å². The van der Waals surface area contributed by atoms with Crippen molar-refractivity contribution < 1.29 is 0 Å². The molecule has 252 valence electrons. The van der Waals surface area contributed by atoms with Gasteiger partial charge in [-0.15, -0.1) is 0 Å². The van der Waals surface area contributed by atoms with Crippen molar-refractivity contribution in [1.29, 1.82) is 0 Å². The zero-order valence-corrected chi connectivity index (χ0v) is 30.0. The molecule has 1 nitrogen and oxygen atoms in total. The summed E-state index contributed by atoms with van der Waals surface area (Å²) in [7, 11) is 0. The van der Waals surface area contributed by atoms with Gasteiger partial charge in [-0.05, 0) is 133 Å². The quantitative estimate of drug-likeness (QED) is 0.120. The fourth-order valence-electron chi connectivity index (χ4n) is 7.97. The van der Waals surface area contributed by atoms with E-state index in [0.717, 1.165) is 17.1 Å². The van der Waals surface area contributed by atoms with Gasteiger partial charge in [-0.1, -0.05) is 157 Å². The van der Waals surface area contributed by atoms with Gasteiger partial charge in [0.25, 0.3) is 0 Å². The summed E-state index contributed by atoms with van der Waals surface area (Å²) in [5.74, 6) is 0. The zero-order chi connectivity index (χ0) is 35.7. The molecule has 0 aliphatic carbocycles. The van der Waals surface area contributed by atoms with Gasteiger partial charge in [-0.2, -0.15) is 0 Å². The molecule has 9 aromatic carbocycles. The van der Waals surface area contributed by atoms with Gasteiger partial charge >= 0.3 is 0 Å². The molecule has 0 heterocycles. The molecule has 9 aromatic rings.